The number of carbonyl (C=O) groups excluding carboxylic acids is 2. The molecule has 0 radical (unpaired) electrons. The maximum atomic E-state index is 13.3. The van der Waals surface area contributed by atoms with Crippen molar-refractivity contribution in [3.05, 3.63) is 93.3 Å². The highest BCUT2D eigenvalue weighted by molar-refractivity contribution is 6.12. The van der Waals surface area contributed by atoms with Crippen LogP contribution in [0.5, 0.6) is 11.5 Å². The molecule has 0 spiro atoms. The number of fused-ring (bicyclic) bond motifs is 1. The van der Waals surface area contributed by atoms with Crippen molar-refractivity contribution in [3.63, 3.8) is 0 Å². The molecule has 0 atom stereocenters. The van der Waals surface area contributed by atoms with Crippen molar-refractivity contribution in [2.24, 2.45) is 0 Å². The van der Waals surface area contributed by atoms with Crippen molar-refractivity contribution in [1.82, 2.24) is 5.32 Å². The highest BCUT2D eigenvalue weighted by Crippen LogP contribution is 2.34. The number of carboxylic acid groups (broad SMARTS) is 1. The number of benzene rings is 3. The average Bonchev–Trinajstić information content (AvgIpc) is 2.97. The predicted molar refractivity (Wildman–Crippen MR) is 153 cm³/mol. The molecule has 11 heteroatoms. The Kier molecular flexibility index (Phi) is 8.88. The van der Waals surface area contributed by atoms with Crippen LogP contribution in [0.15, 0.2) is 69.9 Å². The zero-order valence-corrected chi connectivity index (χ0v) is 22.7. The summed E-state index contributed by atoms with van der Waals surface area (Å²) < 4.78 is 16.4. The third kappa shape index (κ3) is 6.82. The number of rotatable bonds is 10. The summed E-state index contributed by atoms with van der Waals surface area (Å²) in [5.74, 6) is -0.967. The molecule has 3 amide bonds. The van der Waals surface area contributed by atoms with Crippen LogP contribution < -0.4 is 30.9 Å². The van der Waals surface area contributed by atoms with Crippen LogP contribution in [0, 0.1) is 0 Å². The van der Waals surface area contributed by atoms with E-state index in [4.69, 9.17) is 19.0 Å². The summed E-state index contributed by atoms with van der Waals surface area (Å²) in [6, 6.07) is 16.1. The summed E-state index contributed by atoms with van der Waals surface area (Å²) in [5, 5.41) is 16.8. The van der Waals surface area contributed by atoms with Gasteiger partial charge in [0.1, 0.15) is 5.58 Å². The smallest absolute Gasteiger partial charge is 0.404 e. The van der Waals surface area contributed by atoms with Gasteiger partial charge in [-0.15, -0.1) is 0 Å². The molecular weight excluding hydrogens is 530 g/mol. The van der Waals surface area contributed by atoms with E-state index in [1.54, 1.807) is 36.4 Å². The summed E-state index contributed by atoms with van der Waals surface area (Å²) in [5.41, 5.74) is 2.40. The van der Waals surface area contributed by atoms with E-state index in [1.807, 2.05) is 13.0 Å². The molecule has 11 nitrogen and oxygen atoms in total. The number of anilines is 2. The molecular formula is C30H29N3O8. The average molecular weight is 560 g/mol. The van der Waals surface area contributed by atoms with Gasteiger partial charge >= 0.3 is 6.09 Å². The Hall–Kier alpha value is -5.32. The molecule has 0 saturated carbocycles. The molecule has 0 unspecified atom stereocenters. The van der Waals surface area contributed by atoms with Gasteiger partial charge in [-0.2, -0.15) is 0 Å². The first-order valence-corrected chi connectivity index (χ1v) is 12.7. The highest BCUT2D eigenvalue weighted by atomic mass is 16.5. The molecule has 0 aliphatic rings. The zero-order chi connectivity index (χ0) is 29.5. The second-order valence-electron chi connectivity index (χ2n) is 9.00. The van der Waals surface area contributed by atoms with Gasteiger partial charge in [-0.1, -0.05) is 25.1 Å². The number of nitrogens with one attached hydrogen (secondary N) is 3. The number of carbonyl (C=O) groups is 3. The lowest BCUT2D eigenvalue weighted by atomic mass is 10.1. The number of methoxy groups -OCH3 is 2. The summed E-state index contributed by atoms with van der Waals surface area (Å²) in [4.78, 5) is 49.9. The van der Waals surface area contributed by atoms with E-state index in [2.05, 4.69) is 16.0 Å². The summed E-state index contributed by atoms with van der Waals surface area (Å²) in [6.07, 6.45) is 0.132. The minimum absolute atomic E-state index is 0.0708. The van der Waals surface area contributed by atoms with Crippen molar-refractivity contribution in [3.8, 4) is 11.5 Å². The normalized spacial score (nSPS) is 10.6. The Morgan fingerprint density at radius 3 is 2.20 bits per heavy atom. The van der Waals surface area contributed by atoms with Crippen LogP contribution in [0.2, 0.25) is 0 Å². The Bertz CT molecular complexity index is 1660. The molecule has 0 fully saturated rings. The van der Waals surface area contributed by atoms with Gasteiger partial charge in [0.2, 0.25) is 0 Å². The predicted octanol–water partition coefficient (Wildman–Crippen LogP) is 4.69. The summed E-state index contributed by atoms with van der Waals surface area (Å²) >= 11 is 0. The molecule has 0 bridgehead atoms. The van der Waals surface area contributed by atoms with Gasteiger partial charge < -0.3 is 34.9 Å². The van der Waals surface area contributed by atoms with E-state index < -0.39 is 17.9 Å². The highest BCUT2D eigenvalue weighted by Gasteiger charge is 2.21. The first-order valence-electron chi connectivity index (χ1n) is 12.7. The van der Waals surface area contributed by atoms with Crippen molar-refractivity contribution < 1.29 is 33.4 Å². The van der Waals surface area contributed by atoms with Crippen LogP contribution in [-0.4, -0.2) is 43.8 Å². The van der Waals surface area contributed by atoms with E-state index in [1.165, 1.54) is 26.4 Å². The van der Waals surface area contributed by atoms with Gasteiger partial charge in [0.05, 0.1) is 30.9 Å². The topological polar surface area (TPSA) is 156 Å². The molecule has 4 rings (SSSR count). The molecule has 0 saturated heterocycles. The molecule has 0 aliphatic carbocycles. The molecule has 41 heavy (non-hydrogen) atoms. The minimum Gasteiger partial charge on any atom is -0.493 e. The van der Waals surface area contributed by atoms with Gasteiger partial charge in [0.25, 0.3) is 11.8 Å². The number of amides is 3. The Morgan fingerprint density at radius 1 is 0.854 bits per heavy atom. The maximum absolute atomic E-state index is 13.3. The van der Waals surface area contributed by atoms with Crippen molar-refractivity contribution >= 4 is 40.3 Å². The molecule has 1 heterocycles. The SMILES string of the molecule is CCc1ccc2oc(C(=O)Nc3cc(OC)c(OC)cc3C(=O)Nc3ccc(CCNC(=O)O)cc3)cc(=O)c2c1. The van der Waals surface area contributed by atoms with Crippen LogP contribution in [0.25, 0.3) is 11.0 Å². The van der Waals surface area contributed by atoms with Crippen molar-refractivity contribution in [1.29, 1.82) is 0 Å². The fraction of sp³-hybridized carbons (Fsp3) is 0.200. The lowest BCUT2D eigenvalue weighted by Gasteiger charge is -2.16. The van der Waals surface area contributed by atoms with Gasteiger partial charge in [-0.3, -0.25) is 14.4 Å². The number of hydrogen-bond acceptors (Lipinski definition) is 7. The standard InChI is InChI=1S/C30H29N3O8/c1-4-17-7-10-24-21(13-17)23(34)16-27(41-24)29(36)33-22-15-26(40-3)25(39-2)14-20(22)28(35)32-19-8-5-18(6-9-19)11-12-31-30(37)38/h5-10,13-16,31H,4,11-12H2,1-3H3,(H,32,35)(H,33,36)(H,37,38). The number of ether oxygens (including phenoxy) is 2. The second-order valence-corrected chi connectivity index (χ2v) is 9.00. The number of hydrogen-bond donors (Lipinski definition) is 4. The van der Waals surface area contributed by atoms with Gasteiger partial charge in [0, 0.05) is 24.4 Å². The molecule has 212 valence electrons. The largest absolute Gasteiger partial charge is 0.493 e. The van der Waals surface area contributed by atoms with Gasteiger partial charge in [-0.25, -0.2) is 4.79 Å². The quantitative estimate of drug-likeness (QED) is 0.218. The fourth-order valence-electron chi connectivity index (χ4n) is 4.16. The Morgan fingerprint density at radius 2 is 1.54 bits per heavy atom. The molecule has 4 aromatic rings. The van der Waals surface area contributed by atoms with Gasteiger partial charge in [-0.05, 0) is 54.3 Å². The van der Waals surface area contributed by atoms with Crippen LogP contribution in [0.3, 0.4) is 0 Å². The third-order valence-corrected chi connectivity index (χ3v) is 6.34. The van der Waals surface area contributed by atoms with E-state index in [0.717, 1.165) is 23.6 Å². The first-order chi connectivity index (χ1) is 19.7. The maximum Gasteiger partial charge on any atom is 0.404 e. The van der Waals surface area contributed by atoms with E-state index in [0.29, 0.717) is 17.5 Å². The summed E-state index contributed by atoms with van der Waals surface area (Å²) in [6.45, 7) is 2.23. The van der Waals surface area contributed by atoms with E-state index in [-0.39, 0.29) is 46.1 Å². The van der Waals surface area contributed by atoms with Gasteiger partial charge in [0.15, 0.2) is 22.7 Å². The first kappa shape index (κ1) is 28.7. The van der Waals surface area contributed by atoms with E-state index in [9.17, 15) is 19.2 Å². The molecule has 0 aliphatic heterocycles. The third-order valence-electron chi connectivity index (χ3n) is 6.34. The minimum atomic E-state index is -1.10. The zero-order valence-electron chi connectivity index (χ0n) is 22.7. The van der Waals surface area contributed by atoms with Crippen LogP contribution in [-0.2, 0) is 12.8 Å². The fourth-order valence-corrected chi connectivity index (χ4v) is 4.16. The molecule has 4 N–H and O–H groups in total. The summed E-state index contributed by atoms with van der Waals surface area (Å²) in [7, 11) is 2.84. The monoisotopic (exact) mass is 559 g/mol. The van der Waals surface area contributed by atoms with Crippen molar-refractivity contribution in [2.75, 3.05) is 31.4 Å². The van der Waals surface area contributed by atoms with E-state index >= 15 is 0 Å². The number of aryl methyl sites for hydroxylation is 1. The van der Waals surface area contributed by atoms with Crippen LogP contribution in [0.1, 0.15) is 39.0 Å². The van der Waals surface area contributed by atoms with Crippen molar-refractivity contribution in [2.45, 2.75) is 19.8 Å². The lowest BCUT2D eigenvalue weighted by Crippen LogP contribution is -2.23. The molecule has 3 aromatic carbocycles. The van der Waals surface area contributed by atoms with Crippen LogP contribution in [0.4, 0.5) is 16.2 Å². The Labute approximate surface area is 235 Å². The van der Waals surface area contributed by atoms with Crippen LogP contribution >= 0.6 is 0 Å². The molecule has 1 aromatic heterocycles. The second kappa shape index (κ2) is 12.7. The lowest BCUT2D eigenvalue weighted by molar-refractivity contribution is 0.0997. The Balaban J connectivity index is 1.60.